The second-order valence-electron chi connectivity index (χ2n) is 2.88. The lowest BCUT2D eigenvalue weighted by Gasteiger charge is -2.04. The molecule has 14 heavy (non-hydrogen) atoms. The number of rotatable bonds is 2. The lowest BCUT2D eigenvalue weighted by atomic mass is 10.1. The van der Waals surface area contributed by atoms with Crippen molar-refractivity contribution in [1.29, 1.82) is 0 Å². The third-order valence-electron chi connectivity index (χ3n) is 2.05. The first-order valence-electron chi connectivity index (χ1n) is 4.27. The van der Waals surface area contributed by atoms with Crippen LogP contribution < -0.4 is 5.32 Å². The number of hydrogen-bond donors (Lipinski definition) is 1. The van der Waals surface area contributed by atoms with Crippen LogP contribution in [0.2, 0.25) is 0 Å². The summed E-state index contributed by atoms with van der Waals surface area (Å²) in [6.07, 6.45) is 1.70. The fourth-order valence-electron chi connectivity index (χ4n) is 1.46. The van der Waals surface area contributed by atoms with Gasteiger partial charge in [-0.15, -0.1) is 12.4 Å². The molecule has 0 aliphatic rings. The maximum Gasteiger partial charge on any atom is 0.0459 e. The smallest absolute Gasteiger partial charge is 0.0459 e. The lowest BCUT2D eigenvalue weighted by Crippen LogP contribution is -1.86. The van der Waals surface area contributed by atoms with E-state index in [4.69, 9.17) is 0 Å². The van der Waals surface area contributed by atoms with Crippen LogP contribution in [0.4, 0.5) is 5.69 Å². The Morgan fingerprint density at radius 3 is 2.50 bits per heavy atom. The largest absolute Gasteiger partial charge is 0.362 e. The highest BCUT2D eigenvalue weighted by Crippen LogP contribution is 2.22. The summed E-state index contributed by atoms with van der Waals surface area (Å²) in [5, 5.41) is 5.59. The van der Waals surface area contributed by atoms with Crippen molar-refractivity contribution in [3.63, 3.8) is 0 Å². The number of halogens is 1. The fourth-order valence-corrected chi connectivity index (χ4v) is 1.46. The van der Waals surface area contributed by atoms with E-state index in [1.54, 1.807) is 6.20 Å². The molecule has 0 aliphatic heterocycles. The summed E-state index contributed by atoms with van der Waals surface area (Å²) in [6.45, 7) is 3.65. The first-order valence-corrected chi connectivity index (χ1v) is 4.27. The molecule has 2 aromatic rings. The second kappa shape index (κ2) is 4.68. The highest BCUT2D eigenvalue weighted by Gasteiger charge is 1.95. The molecule has 0 fully saturated rings. The third-order valence-corrected chi connectivity index (χ3v) is 2.05. The Bertz CT molecular complexity index is 432. The summed E-state index contributed by atoms with van der Waals surface area (Å²) in [4.78, 5) is 0. The standard InChI is InChI=1S/C12H11N.ClH/c1-2-13-12-9-5-7-10-6-3-4-8-11(10)12;/h2-9,13H,1H2;1H. The van der Waals surface area contributed by atoms with E-state index in [1.165, 1.54) is 10.8 Å². The number of fused-ring (bicyclic) bond motifs is 1. The van der Waals surface area contributed by atoms with Gasteiger partial charge in [-0.3, -0.25) is 0 Å². The van der Waals surface area contributed by atoms with Crippen molar-refractivity contribution in [3.8, 4) is 0 Å². The van der Waals surface area contributed by atoms with E-state index in [2.05, 4.69) is 30.1 Å². The summed E-state index contributed by atoms with van der Waals surface area (Å²) in [5.41, 5.74) is 1.10. The molecule has 1 N–H and O–H groups in total. The summed E-state index contributed by atoms with van der Waals surface area (Å²) in [5.74, 6) is 0. The zero-order valence-corrected chi connectivity index (χ0v) is 8.55. The van der Waals surface area contributed by atoms with Gasteiger partial charge in [0.15, 0.2) is 0 Å². The van der Waals surface area contributed by atoms with Crippen molar-refractivity contribution in [1.82, 2.24) is 0 Å². The van der Waals surface area contributed by atoms with Crippen molar-refractivity contribution in [2.75, 3.05) is 5.32 Å². The van der Waals surface area contributed by atoms with E-state index < -0.39 is 0 Å². The third kappa shape index (κ3) is 1.88. The van der Waals surface area contributed by atoms with Crippen LogP contribution in [0.15, 0.2) is 55.2 Å². The van der Waals surface area contributed by atoms with Crippen molar-refractivity contribution in [3.05, 3.63) is 55.2 Å². The quantitative estimate of drug-likeness (QED) is 0.786. The molecule has 0 radical (unpaired) electrons. The topological polar surface area (TPSA) is 12.0 Å². The summed E-state index contributed by atoms with van der Waals surface area (Å²) in [7, 11) is 0. The van der Waals surface area contributed by atoms with Gasteiger partial charge in [0.05, 0.1) is 0 Å². The summed E-state index contributed by atoms with van der Waals surface area (Å²) in [6, 6.07) is 14.5. The predicted octanol–water partition coefficient (Wildman–Crippen LogP) is 3.82. The molecule has 0 atom stereocenters. The van der Waals surface area contributed by atoms with Gasteiger partial charge >= 0.3 is 0 Å². The van der Waals surface area contributed by atoms with E-state index in [-0.39, 0.29) is 12.4 Å². The van der Waals surface area contributed by atoms with Crippen LogP contribution in [0.1, 0.15) is 0 Å². The van der Waals surface area contributed by atoms with E-state index in [0.29, 0.717) is 0 Å². The first-order chi connectivity index (χ1) is 6.42. The van der Waals surface area contributed by atoms with Crippen molar-refractivity contribution in [2.24, 2.45) is 0 Å². The van der Waals surface area contributed by atoms with Crippen molar-refractivity contribution < 1.29 is 0 Å². The predicted molar refractivity (Wildman–Crippen MR) is 65.0 cm³/mol. The maximum absolute atomic E-state index is 3.65. The van der Waals surface area contributed by atoms with E-state index in [9.17, 15) is 0 Å². The lowest BCUT2D eigenvalue weighted by molar-refractivity contribution is 1.64. The van der Waals surface area contributed by atoms with Gasteiger partial charge in [-0.05, 0) is 17.7 Å². The van der Waals surface area contributed by atoms with Crippen LogP contribution in [0.25, 0.3) is 10.8 Å². The highest BCUT2D eigenvalue weighted by atomic mass is 35.5. The molecule has 0 amide bonds. The van der Waals surface area contributed by atoms with Crippen LogP contribution in [0, 0.1) is 0 Å². The molecular weight excluding hydrogens is 194 g/mol. The Kier molecular flexibility index (Phi) is 3.55. The molecule has 0 aliphatic carbocycles. The van der Waals surface area contributed by atoms with Crippen LogP contribution in [0.5, 0.6) is 0 Å². The first kappa shape index (κ1) is 10.6. The minimum absolute atomic E-state index is 0. The summed E-state index contributed by atoms with van der Waals surface area (Å²) >= 11 is 0. The average molecular weight is 206 g/mol. The van der Waals surface area contributed by atoms with Gasteiger partial charge in [0.2, 0.25) is 0 Å². The van der Waals surface area contributed by atoms with Gasteiger partial charge in [0.1, 0.15) is 0 Å². The van der Waals surface area contributed by atoms with Crippen LogP contribution in [0.3, 0.4) is 0 Å². The van der Waals surface area contributed by atoms with Gasteiger partial charge in [-0.25, -0.2) is 0 Å². The Hall–Kier alpha value is -1.47. The molecule has 2 heteroatoms. The molecule has 2 rings (SSSR count). The van der Waals surface area contributed by atoms with Gasteiger partial charge in [-0.2, -0.15) is 0 Å². The molecule has 2 aromatic carbocycles. The molecule has 0 spiro atoms. The normalized spacial score (nSPS) is 9.14. The van der Waals surface area contributed by atoms with E-state index in [0.717, 1.165) is 5.69 Å². The average Bonchev–Trinajstić information content (AvgIpc) is 2.19. The molecule has 72 valence electrons. The number of anilines is 1. The molecule has 0 unspecified atom stereocenters. The Labute approximate surface area is 89.9 Å². The minimum Gasteiger partial charge on any atom is -0.362 e. The van der Waals surface area contributed by atoms with Crippen molar-refractivity contribution in [2.45, 2.75) is 0 Å². The molecule has 0 saturated heterocycles. The molecule has 0 bridgehead atoms. The molecule has 0 saturated carbocycles. The highest BCUT2D eigenvalue weighted by molar-refractivity contribution is 5.94. The number of benzene rings is 2. The Morgan fingerprint density at radius 1 is 1.00 bits per heavy atom. The van der Waals surface area contributed by atoms with Crippen LogP contribution in [-0.2, 0) is 0 Å². The van der Waals surface area contributed by atoms with Crippen LogP contribution >= 0.6 is 12.4 Å². The number of nitrogens with one attached hydrogen (secondary N) is 1. The Balaban J connectivity index is 0.000000980. The van der Waals surface area contributed by atoms with Crippen LogP contribution in [-0.4, -0.2) is 0 Å². The fraction of sp³-hybridized carbons (Fsp3) is 0. The van der Waals surface area contributed by atoms with Gasteiger partial charge in [0, 0.05) is 11.1 Å². The minimum atomic E-state index is 0. The Morgan fingerprint density at radius 2 is 1.71 bits per heavy atom. The van der Waals surface area contributed by atoms with Gasteiger partial charge in [-0.1, -0.05) is 43.0 Å². The maximum atomic E-state index is 3.65. The van der Waals surface area contributed by atoms with Gasteiger partial charge < -0.3 is 5.32 Å². The molecular formula is C12H12ClN. The molecule has 1 nitrogen and oxygen atoms in total. The van der Waals surface area contributed by atoms with E-state index >= 15 is 0 Å². The van der Waals surface area contributed by atoms with E-state index in [1.807, 2.05) is 24.3 Å². The zero-order chi connectivity index (χ0) is 9.10. The monoisotopic (exact) mass is 205 g/mol. The molecule has 0 heterocycles. The number of hydrogen-bond acceptors (Lipinski definition) is 1. The SMILES string of the molecule is C=CNc1cccc2ccccc12.Cl. The zero-order valence-electron chi connectivity index (χ0n) is 7.73. The summed E-state index contributed by atoms with van der Waals surface area (Å²) < 4.78 is 0. The van der Waals surface area contributed by atoms with Gasteiger partial charge in [0.25, 0.3) is 0 Å². The second-order valence-corrected chi connectivity index (χ2v) is 2.88. The molecule has 0 aromatic heterocycles. The van der Waals surface area contributed by atoms with Crippen molar-refractivity contribution >= 4 is 28.9 Å².